The first-order valence-corrected chi connectivity index (χ1v) is 6.17. The van der Waals surface area contributed by atoms with Gasteiger partial charge in [-0.05, 0) is 41.5 Å². The van der Waals surface area contributed by atoms with Gasteiger partial charge in [-0.2, -0.15) is 22.0 Å². The second-order valence-electron chi connectivity index (χ2n) is 4.51. The van der Waals surface area contributed by atoms with Crippen LogP contribution >= 0.6 is 0 Å². The quantitative estimate of drug-likeness (QED) is 0.828. The molecule has 0 unspecified atom stereocenters. The van der Waals surface area contributed by atoms with Gasteiger partial charge < -0.3 is 9.84 Å². The van der Waals surface area contributed by atoms with Crippen LogP contribution in [0.5, 0.6) is 5.75 Å². The molecule has 0 atom stereocenters. The van der Waals surface area contributed by atoms with Crippen molar-refractivity contribution in [3.05, 3.63) is 53.6 Å². The van der Waals surface area contributed by atoms with E-state index >= 15 is 0 Å². The number of benzene rings is 2. The number of carboxylic acids is 1. The molecule has 0 saturated heterocycles. The van der Waals surface area contributed by atoms with Crippen molar-refractivity contribution in [1.82, 2.24) is 0 Å². The number of rotatable bonds is 4. The van der Waals surface area contributed by atoms with Gasteiger partial charge >= 0.3 is 18.8 Å². The zero-order valence-corrected chi connectivity index (χ0v) is 11.3. The molecule has 0 saturated carbocycles. The highest BCUT2D eigenvalue weighted by atomic mass is 19.4. The molecular formula is C15H9F5O3. The van der Waals surface area contributed by atoms with E-state index in [1.165, 1.54) is 6.07 Å². The normalized spacial score (nSPS) is 11.6. The van der Waals surface area contributed by atoms with Gasteiger partial charge in [-0.25, -0.2) is 4.79 Å². The highest BCUT2D eigenvalue weighted by Crippen LogP contribution is 2.33. The summed E-state index contributed by atoms with van der Waals surface area (Å²) in [6, 6.07) is 7.09. The molecule has 0 aliphatic carbocycles. The lowest BCUT2D eigenvalue weighted by Gasteiger charge is -2.11. The van der Waals surface area contributed by atoms with Crippen molar-refractivity contribution in [3.8, 4) is 16.9 Å². The molecule has 122 valence electrons. The van der Waals surface area contributed by atoms with Crippen molar-refractivity contribution in [1.29, 1.82) is 0 Å². The number of hydrogen-bond acceptors (Lipinski definition) is 2. The molecule has 2 aromatic rings. The Balaban J connectivity index is 2.54. The molecule has 0 aliphatic rings. The number of carbonyl (C=O) groups is 1. The minimum absolute atomic E-state index is 0.0200. The molecule has 0 radical (unpaired) electrons. The zero-order chi connectivity index (χ0) is 17.2. The largest absolute Gasteiger partial charge is 0.478 e. The maximum absolute atomic E-state index is 12.7. The number of carboxylic acid groups (broad SMARTS) is 1. The van der Waals surface area contributed by atoms with Crippen LogP contribution in [-0.4, -0.2) is 17.7 Å². The maximum atomic E-state index is 12.7. The van der Waals surface area contributed by atoms with Crippen LogP contribution < -0.4 is 4.74 Å². The highest BCUT2D eigenvalue weighted by molar-refractivity contribution is 5.90. The van der Waals surface area contributed by atoms with Crippen molar-refractivity contribution in [3.63, 3.8) is 0 Å². The summed E-state index contributed by atoms with van der Waals surface area (Å²) >= 11 is 0. The average Bonchev–Trinajstić information content (AvgIpc) is 2.45. The first-order chi connectivity index (χ1) is 10.7. The number of aromatic carboxylic acids is 1. The summed E-state index contributed by atoms with van der Waals surface area (Å²) in [4.78, 5) is 11.0. The van der Waals surface area contributed by atoms with Crippen LogP contribution in [0.15, 0.2) is 42.5 Å². The first kappa shape index (κ1) is 16.7. The Bertz CT molecular complexity index is 725. The van der Waals surface area contributed by atoms with Crippen LogP contribution in [0.3, 0.4) is 0 Å². The molecule has 23 heavy (non-hydrogen) atoms. The summed E-state index contributed by atoms with van der Waals surface area (Å²) in [6.45, 7) is -3.19. The van der Waals surface area contributed by atoms with Gasteiger partial charge in [0.25, 0.3) is 0 Å². The van der Waals surface area contributed by atoms with Crippen molar-refractivity contribution in [2.24, 2.45) is 0 Å². The number of hydrogen-bond donors (Lipinski definition) is 1. The predicted octanol–water partition coefficient (Wildman–Crippen LogP) is 4.67. The van der Waals surface area contributed by atoms with E-state index in [0.29, 0.717) is 0 Å². The van der Waals surface area contributed by atoms with Crippen LogP contribution in [0.25, 0.3) is 11.1 Å². The van der Waals surface area contributed by atoms with Gasteiger partial charge in [-0.3, -0.25) is 0 Å². The van der Waals surface area contributed by atoms with Gasteiger partial charge in [0.2, 0.25) is 0 Å². The Morgan fingerprint density at radius 1 is 1.04 bits per heavy atom. The van der Waals surface area contributed by atoms with E-state index in [2.05, 4.69) is 4.74 Å². The van der Waals surface area contributed by atoms with Gasteiger partial charge in [-0.1, -0.05) is 12.1 Å². The second-order valence-corrected chi connectivity index (χ2v) is 4.51. The summed E-state index contributed by atoms with van der Waals surface area (Å²) in [5.74, 6) is -1.87. The molecule has 0 bridgehead atoms. The summed E-state index contributed by atoms with van der Waals surface area (Å²) in [6.07, 6.45) is -4.58. The molecule has 0 amide bonds. The summed E-state index contributed by atoms with van der Waals surface area (Å²) in [5.41, 5.74) is -1.27. The molecule has 8 heteroatoms. The minimum Gasteiger partial charge on any atom is -0.478 e. The van der Waals surface area contributed by atoms with Gasteiger partial charge in [0.05, 0.1) is 11.1 Å². The lowest BCUT2D eigenvalue weighted by molar-refractivity contribution is -0.137. The summed E-state index contributed by atoms with van der Waals surface area (Å²) < 4.78 is 66.9. The fourth-order valence-electron chi connectivity index (χ4n) is 1.94. The van der Waals surface area contributed by atoms with E-state index in [4.69, 9.17) is 5.11 Å². The summed E-state index contributed by atoms with van der Waals surface area (Å²) in [5, 5.41) is 8.98. The van der Waals surface area contributed by atoms with Gasteiger partial charge in [0.15, 0.2) is 0 Å². The fraction of sp³-hybridized carbons (Fsp3) is 0.133. The Hall–Kier alpha value is -2.64. The standard InChI is InChI=1S/C15H9F5O3/c16-14(17)23-12-6-9(4-10(7-12)13(21)22)8-2-1-3-11(5-8)15(18,19)20/h1-7,14H,(H,21,22). The Morgan fingerprint density at radius 2 is 1.74 bits per heavy atom. The second kappa shape index (κ2) is 6.23. The molecule has 2 aromatic carbocycles. The molecule has 0 fully saturated rings. The topological polar surface area (TPSA) is 46.5 Å². The first-order valence-electron chi connectivity index (χ1n) is 6.17. The van der Waals surface area contributed by atoms with Crippen molar-refractivity contribution < 1.29 is 36.6 Å². The van der Waals surface area contributed by atoms with Gasteiger partial charge in [0.1, 0.15) is 5.75 Å². The molecular weight excluding hydrogens is 323 g/mol. The monoisotopic (exact) mass is 332 g/mol. The molecule has 2 rings (SSSR count). The minimum atomic E-state index is -4.58. The van der Waals surface area contributed by atoms with E-state index in [9.17, 15) is 26.7 Å². The number of halogens is 5. The van der Waals surface area contributed by atoms with Crippen molar-refractivity contribution in [2.75, 3.05) is 0 Å². The van der Waals surface area contributed by atoms with Gasteiger partial charge in [0, 0.05) is 0 Å². The SMILES string of the molecule is O=C(O)c1cc(OC(F)F)cc(-c2cccc(C(F)(F)F)c2)c1. The fourth-order valence-corrected chi connectivity index (χ4v) is 1.94. The lowest BCUT2D eigenvalue weighted by atomic mass is 10.0. The van der Waals surface area contributed by atoms with E-state index in [1.54, 1.807) is 0 Å². The summed E-state index contributed by atoms with van der Waals surface area (Å²) in [7, 11) is 0. The zero-order valence-electron chi connectivity index (χ0n) is 11.3. The van der Waals surface area contributed by atoms with E-state index in [0.717, 1.165) is 36.4 Å². The van der Waals surface area contributed by atoms with E-state index < -0.39 is 30.1 Å². The van der Waals surface area contributed by atoms with Crippen molar-refractivity contribution >= 4 is 5.97 Å². The van der Waals surface area contributed by atoms with Crippen molar-refractivity contribution in [2.45, 2.75) is 12.8 Å². The molecule has 0 spiro atoms. The van der Waals surface area contributed by atoms with Gasteiger partial charge in [-0.15, -0.1) is 0 Å². The average molecular weight is 332 g/mol. The molecule has 0 heterocycles. The molecule has 1 N–H and O–H groups in total. The molecule has 3 nitrogen and oxygen atoms in total. The third-order valence-corrected chi connectivity index (χ3v) is 2.90. The predicted molar refractivity (Wildman–Crippen MR) is 70.5 cm³/mol. The number of alkyl halides is 5. The Kier molecular flexibility index (Phi) is 4.53. The third kappa shape index (κ3) is 4.18. The van der Waals surface area contributed by atoms with Crippen LogP contribution in [0.4, 0.5) is 22.0 Å². The molecule has 0 aromatic heterocycles. The maximum Gasteiger partial charge on any atom is 0.416 e. The Labute approximate surface area is 126 Å². The van der Waals surface area contributed by atoms with Crippen LogP contribution in [-0.2, 0) is 6.18 Å². The third-order valence-electron chi connectivity index (χ3n) is 2.90. The van der Waals surface area contributed by atoms with Crippen LogP contribution in [0.1, 0.15) is 15.9 Å². The number of ether oxygens (including phenoxy) is 1. The molecule has 0 aliphatic heterocycles. The Morgan fingerprint density at radius 3 is 2.30 bits per heavy atom. The smallest absolute Gasteiger partial charge is 0.416 e. The van der Waals surface area contributed by atoms with E-state index in [1.807, 2.05) is 0 Å². The van der Waals surface area contributed by atoms with E-state index in [-0.39, 0.29) is 16.7 Å². The highest BCUT2D eigenvalue weighted by Gasteiger charge is 2.30. The van der Waals surface area contributed by atoms with Crippen LogP contribution in [0, 0.1) is 0 Å². The lowest BCUT2D eigenvalue weighted by Crippen LogP contribution is -2.05. The van der Waals surface area contributed by atoms with Crippen LogP contribution in [0.2, 0.25) is 0 Å².